The maximum Gasteiger partial charge on any atom is 0.257 e. The quantitative estimate of drug-likeness (QED) is 0.322. The molecule has 33 heavy (non-hydrogen) atoms. The van der Waals surface area contributed by atoms with Crippen LogP contribution < -0.4 is 26.4 Å². The van der Waals surface area contributed by atoms with E-state index < -0.39 is 0 Å². The van der Waals surface area contributed by atoms with Gasteiger partial charge in [0.2, 0.25) is 11.9 Å². The van der Waals surface area contributed by atoms with Crippen LogP contribution >= 0.6 is 0 Å². The average Bonchev–Trinajstić information content (AvgIpc) is 3.54. The summed E-state index contributed by atoms with van der Waals surface area (Å²) in [7, 11) is 1.55. The van der Waals surface area contributed by atoms with Crippen LogP contribution in [0.2, 0.25) is 0 Å². The lowest BCUT2D eigenvalue weighted by Gasteiger charge is -2.27. The van der Waals surface area contributed by atoms with Crippen molar-refractivity contribution in [3.05, 3.63) is 42.7 Å². The molecule has 6 N–H and O–H groups in total. The second-order valence-electron chi connectivity index (χ2n) is 8.16. The van der Waals surface area contributed by atoms with Gasteiger partial charge in [0.05, 0.1) is 12.2 Å². The number of hydrogen-bond acceptors (Lipinski definition) is 8. The monoisotopic (exact) mass is 448 g/mol. The third kappa shape index (κ3) is 4.04. The van der Waals surface area contributed by atoms with Gasteiger partial charge >= 0.3 is 0 Å². The minimum atomic E-state index is -0.316. The summed E-state index contributed by atoms with van der Waals surface area (Å²) < 4.78 is 5.50. The number of H-pyrrole nitrogens is 1. The fourth-order valence-corrected chi connectivity index (χ4v) is 4.57. The van der Waals surface area contributed by atoms with E-state index in [0.717, 1.165) is 6.42 Å². The highest BCUT2D eigenvalue weighted by molar-refractivity contribution is 5.85. The van der Waals surface area contributed by atoms with Crippen molar-refractivity contribution >= 4 is 40.4 Å². The number of allylic oxidation sites excluding steroid dienone is 1. The summed E-state index contributed by atoms with van der Waals surface area (Å²) >= 11 is 0. The Balaban J connectivity index is 1.39. The number of amides is 2. The summed E-state index contributed by atoms with van der Waals surface area (Å²) in [5.41, 5.74) is 7.52. The molecular formula is C22H24N8O3. The lowest BCUT2D eigenvalue weighted by atomic mass is 9.88. The summed E-state index contributed by atoms with van der Waals surface area (Å²) in [6, 6.07) is 6.99. The number of carbonyl (C=O) groups excluding carboxylic acids is 2. The van der Waals surface area contributed by atoms with E-state index in [1.807, 2.05) is 6.07 Å². The van der Waals surface area contributed by atoms with Gasteiger partial charge < -0.3 is 31.4 Å². The number of primary amides is 1. The zero-order chi connectivity index (χ0) is 22.9. The van der Waals surface area contributed by atoms with E-state index in [9.17, 15) is 9.59 Å². The minimum absolute atomic E-state index is 0.0797. The molecule has 2 bridgehead atoms. The van der Waals surface area contributed by atoms with E-state index in [-0.39, 0.29) is 42.2 Å². The summed E-state index contributed by atoms with van der Waals surface area (Å²) in [4.78, 5) is 40.0. The van der Waals surface area contributed by atoms with E-state index in [2.05, 4.69) is 48.0 Å². The molecule has 0 spiro atoms. The van der Waals surface area contributed by atoms with Crippen molar-refractivity contribution in [1.29, 1.82) is 0 Å². The molecule has 2 aliphatic carbocycles. The molecule has 0 aliphatic heterocycles. The SMILES string of the molecule is CNC(=O)COc1cccc(Nc2nc(N[C@@H]3[C@H](C(N)=O)[C@H]4C=C[C@@H]3C4)c3nc[nH]c3n2)c1. The zero-order valence-corrected chi connectivity index (χ0v) is 17.9. The second kappa shape index (κ2) is 8.41. The number of hydrogen-bond donors (Lipinski definition) is 5. The molecule has 2 amide bonds. The molecular weight excluding hydrogens is 424 g/mol. The van der Waals surface area contributed by atoms with Crippen molar-refractivity contribution in [2.75, 3.05) is 24.3 Å². The van der Waals surface area contributed by atoms with Crippen molar-refractivity contribution in [3.63, 3.8) is 0 Å². The van der Waals surface area contributed by atoms with Crippen molar-refractivity contribution in [2.45, 2.75) is 12.5 Å². The Bertz CT molecular complexity index is 1240. The smallest absolute Gasteiger partial charge is 0.257 e. The normalized spacial score (nSPS) is 22.9. The number of imidazole rings is 1. The largest absolute Gasteiger partial charge is 0.484 e. The first-order valence-corrected chi connectivity index (χ1v) is 10.7. The van der Waals surface area contributed by atoms with Gasteiger partial charge in [-0.15, -0.1) is 0 Å². The molecule has 2 aromatic heterocycles. The van der Waals surface area contributed by atoms with E-state index >= 15 is 0 Å². The van der Waals surface area contributed by atoms with Gasteiger partial charge in [0.25, 0.3) is 5.91 Å². The van der Waals surface area contributed by atoms with E-state index in [1.54, 1.807) is 31.6 Å². The van der Waals surface area contributed by atoms with Crippen LogP contribution in [0, 0.1) is 17.8 Å². The first-order valence-electron chi connectivity index (χ1n) is 10.7. The van der Waals surface area contributed by atoms with Crippen molar-refractivity contribution in [3.8, 4) is 5.75 Å². The summed E-state index contributed by atoms with van der Waals surface area (Å²) in [6.45, 7) is -0.0797. The van der Waals surface area contributed by atoms with Crippen LogP contribution in [0.3, 0.4) is 0 Å². The standard InChI is InChI=1S/C22H24N8O3/c1-24-15(31)9-33-14-4-2-3-13(8-14)27-22-29-20-18(25-10-26-20)21(30-22)28-17-12-6-5-11(7-12)16(17)19(23)32/h2-6,8,10-12,16-17H,7,9H2,1H3,(H2,23,32)(H,24,31)(H3,25,26,27,28,29,30)/t11-,12+,16+,17-/m0/s1. The molecule has 1 saturated carbocycles. The fraction of sp³-hybridized carbons (Fsp3) is 0.318. The van der Waals surface area contributed by atoms with Gasteiger partial charge in [0.1, 0.15) is 11.3 Å². The first kappa shape index (κ1) is 20.7. The number of aromatic nitrogens is 4. The van der Waals surface area contributed by atoms with Crippen LogP contribution in [0.25, 0.3) is 11.2 Å². The van der Waals surface area contributed by atoms with Gasteiger partial charge in [0, 0.05) is 24.8 Å². The number of nitrogens with one attached hydrogen (secondary N) is 4. The Labute approximate surface area is 189 Å². The van der Waals surface area contributed by atoms with Crippen LogP contribution in [0.15, 0.2) is 42.7 Å². The van der Waals surface area contributed by atoms with Crippen LogP contribution in [0.1, 0.15) is 6.42 Å². The van der Waals surface area contributed by atoms with E-state index in [1.165, 1.54) is 0 Å². The summed E-state index contributed by atoms with van der Waals surface area (Å²) in [5, 5.41) is 9.09. The van der Waals surface area contributed by atoms with Crippen LogP contribution in [0.4, 0.5) is 17.5 Å². The van der Waals surface area contributed by atoms with Gasteiger partial charge in [-0.2, -0.15) is 9.97 Å². The molecule has 0 radical (unpaired) electrons. The molecule has 11 nitrogen and oxygen atoms in total. The summed E-state index contributed by atoms with van der Waals surface area (Å²) in [6.07, 6.45) is 6.66. The first-order chi connectivity index (χ1) is 16.0. The van der Waals surface area contributed by atoms with Crippen molar-refractivity contribution < 1.29 is 14.3 Å². The molecule has 0 unspecified atom stereocenters. The average molecular weight is 448 g/mol. The Morgan fingerprint density at radius 3 is 2.91 bits per heavy atom. The molecule has 11 heteroatoms. The minimum Gasteiger partial charge on any atom is -0.484 e. The number of nitrogens with two attached hydrogens (primary N) is 1. The van der Waals surface area contributed by atoms with Gasteiger partial charge in [0.15, 0.2) is 18.1 Å². The second-order valence-corrected chi connectivity index (χ2v) is 8.16. The lowest BCUT2D eigenvalue weighted by Crippen LogP contribution is -2.41. The number of anilines is 3. The number of fused-ring (bicyclic) bond motifs is 3. The molecule has 2 heterocycles. The summed E-state index contributed by atoms with van der Waals surface area (Å²) in [5.74, 6) is 0.918. The number of benzene rings is 1. The molecule has 1 aromatic carbocycles. The van der Waals surface area contributed by atoms with Gasteiger partial charge in [-0.3, -0.25) is 9.59 Å². The Morgan fingerprint density at radius 2 is 2.09 bits per heavy atom. The molecule has 170 valence electrons. The van der Waals surface area contributed by atoms with Gasteiger partial charge in [-0.25, -0.2) is 4.98 Å². The number of carbonyl (C=O) groups is 2. The third-order valence-electron chi connectivity index (χ3n) is 6.11. The zero-order valence-electron chi connectivity index (χ0n) is 17.9. The van der Waals surface area contributed by atoms with E-state index in [0.29, 0.717) is 34.4 Å². The van der Waals surface area contributed by atoms with E-state index in [4.69, 9.17) is 10.5 Å². The molecule has 2 aliphatic rings. The third-order valence-corrected chi connectivity index (χ3v) is 6.11. The molecule has 0 saturated heterocycles. The fourth-order valence-electron chi connectivity index (χ4n) is 4.57. The predicted molar refractivity (Wildman–Crippen MR) is 122 cm³/mol. The predicted octanol–water partition coefficient (Wildman–Crippen LogP) is 1.31. The van der Waals surface area contributed by atoms with Crippen molar-refractivity contribution in [1.82, 2.24) is 25.3 Å². The van der Waals surface area contributed by atoms with Crippen LogP contribution in [-0.2, 0) is 9.59 Å². The topological polar surface area (TPSA) is 160 Å². The highest BCUT2D eigenvalue weighted by Gasteiger charge is 2.47. The van der Waals surface area contributed by atoms with Crippen LogP contribution in [0.5, 0.6) is 5.75 Å². The number of ether oxygens (including phenoxy) is 1. The molecule has 4 atom stereocenters. The number of likely N-dealkylation sites (N-methyl/N-ethyl adjacent to an activating group) is 1. The maximum atomic E-state index is 12.1. The number of aromatic amines is 1. The number of nitrogens with zero attached hydrogens (tertiary/aromatic N) is 3. The molecule has 1 fully saturated rings. The van der Waals surface area contributed by atoms with Gasteiger partial charge in [-0.05, 0) is 30.4 Å². The van der Waals surface area contributed by atoms with Gasteiger partial charge in [-0.1, -0.05) is 18.2 Å². The lowest BCUT2D eigenvalue weighted by molar-refractivity contribution is -0.123. The highest BCUT2D eigenvalue weighted by Crippen LogP contribution is 2.45. The molecule has 3 aromatic rings. The molecule has 5 rings (SSSR count). The highest BCUT2D eigenvalue weighted by atomic mass is 16.5. The maximum absolute atomic E-state index is 12.1. The number of rotatable bonds is 8. The van der Waals surface area contributed by atoms with Crippen molar-refractivity contribution in [2.24, 2.45) is 23.5 Å². The Morgan fingerprint density at radius 1 is 1.24 bits per heavy atom. The Kier molecular flexibility index (Phi) is 5.29. The van der Waals surface area contributed by atoms with Crippen LogP contribution in [-0.4, -0.2) is 51.4 Å². The Hall–Kier alpha value is -4.15.